The van der Waals surface area contributed by atoms with Gasteiger partial charge >= 0.3 is 0 Å². The van der Waals surface area contributed by atoms with Gasteiger partial charge < -0.3 is 5.32 Å². The Morgan fingerprint density at radius 2 is 1.58 bits per heavy atom. The number of hydrogen-bond donors (Lipinski definition) is 1. The number of aryl methyl sites for hydroxylation is 3. The van der Waals surface area contributed by atoms with Crippen LogP contribution in [0.25, 0.3) is 0 Å². The molecule has 1 atom stereocenters. The topological polar surface area (TPSA) is 12.0 Å². The van der Waals surface area contributed by atoms with Crippen molar-refractivity contribution in [3.05, 3.63) is 34.4 Å². The SMILES string of the molecule is CCNCC(Cc1c(C)cc(C)cc1C)C(C)(C)C. The first-order valence-electron chi connectivity index (χ1n) is 7.53. The highest BCUT2D eigenvalue weighted by Gasteiger charge is 2.25. The normalized spacial score (nSPS) is 13.6. The third kappa shape index (κ3) is 4.65. The predicted octanol–water partition coefficient (Wildman–Crippen LogP) is 4.43. The summed E-state index contributed by atoms with van der Waals surface area (Å²) in [6.45, 7) is 18.1. The van der Waals surface area contributed by atoms with Crippen molar-refractivity contribution in [3.8, 4) is 0 Å². The Labute approximate surface area is 119 Å². The van der Waals surface area contributed by atoms with E-state index in [1.807, 2.05) is 0 Å². The molecular formula is C18H31N. The molecule has 0 aliphatic heterocycles. The summed E-state index contributed by atoms with van der Waals surface area (Å²) in [5.74, 6) is 0.674. The highest BCUT2D eigenvalue weighted by molar-refractivity contribution is 5.37. The van der Waals surface area contributed by atoms with Crippen molar-refractivity contribution in [2.24, 2.45) is 11.3 Å². The molecule has 1 heteroatoms. The summed E-state index contributed by atoms with van der Waals surface area (Å²) in [4.78, 5) is 0. The van der Waals surface area contributed by atoms with Crippen molar-refractivity contribution < 1.29 is 0 Å². The monoisotopic (exact) mass is 261 g/mol. The molecule has 0 aromatic heterocycles. The third-order valence-electron chi connectivity index (χ3n) is 4.16. The van der Waals surface area contributed by atoms with Gasteiger partial charge in [-0.1, -0.05) is 45.4 Å². The molecule has 108 valence electrons. The van der Waals surface area contributed by atoms with Crippen molar-refractivity contribution in [3.63, 3.8) is 0 Å². The molecular weight excluding hydrogens is 230 g/mol. The Morgan fingerprint density at radius 1 is 1.05 bits per heavy atom. The molecule has 1 unspecified atom stereocenters. The Hall–Kier alpha value is -0.820. The lowest BCUT2D eigenvalue weighted by Crippen LogP contribution is -2.33. The highest BCUT2D eigenvalue weighted by Crippen LogP contribution is 2.31. The molecule has 0 amide bonds. The summed E-state index contributed by atoms with van der Waals surface area (Å²) < 4.78 is 0. The van der Waals surface area contributed by atoms with Gasteiger partial charge in [0.2, 0.25) is 0 Å². The van der Waals surface area contributed by atoms with Gasteiger partial charge in [0.05, 0.1) is 0 Å². The molecule has 0 spiro atoms. The lowest BCUT2D eigenvalue weighted by Gasteiger charge is -2.32. The first-order valence-corrected chi connectivity index (χ1v) is 7.53. The molecule has 0 fully saturated rings. The molecule has 1 N–H and O–H groups in total. The van der Waals surface area contributed by atoms with Gasteiger partial charge in [-0.2, -0.15) is 0 Å². The molecule has 1 aromatic rings. The van der Waals surface area contributed by atoms with Crippen LogP contribution >= 0.6 is 0 Å². The van der Waals surface area contributed by atoms with Gasteiger partial charge in [-0.05, 0) is 68.3 Å². The zero-order valence-corrected chi connectivity index (χ0v) is 13.9. The lowest BCUT2D eigenvalue weighted by molar-refractivity contribution is 0.231. The van der Waals surface area contributed by atoms with Crippen molar-refractivity contribution >= 4 is 0 Å². The van der Waals surface area contributed by atoms with E-state index in [1.54, 1.807) is 5.56 Å². The molecule has 1 rings (SSSR count). The molecule has 0 bridgehead atoms. The maximum absolute atomic E-state index is 3.53. The van der Waals surface area contributed by atoms with Crippen molar-refractivity contribution in [2.45, 2.75) is 54.9 Å². The van der Waals surface area contributed by atoms with E-state index in [0.29, 0.717) is 11.3 Å². The minimum atomic E-state index is 0.339. The Bertz CT molecular complexity index is 389. The second-order valence-electron chi connectivity index (χ2n) is 6.95. The molecule has 0 radical (unpaired) electrons. The molecule has 0 aliphatic carbocycles. The van der Waals surface area contributed by atoms with E-state index in [2.05, 4.69) is 65.9 Å². The summed E-state index contributed by atoms with van der Waals surface area (Å²) in [6, 6.07) is 4.63. The summed E-state index contributed by atoms with van der Waals surface area (Å²) in [5, 5.41) is 3.53. The van der Waals surface area contributed by atoms with E-state index < -0.39 is 0 Å². The van der Waals surface area contributed by atoms with Crippen LogP contribution in [-0.4, -0.2) is 13.1 Å². The number of nitrogens with one attached hydrogen (secondary N) is 1. The predicted molar refractivity (Wildman–Crippen MR) is 85.8 cm³/mol. The standard InChI is InChI=1S/C18H31N/c1-8-19-12-16(18(5,6)7)11-17-14(3)9-13(2)10-15(17)4/h9-10,16,19H,8,11-12H2,1-7H3. The zero-order valence-electron chi connectivity index (χ0n) is 13.9. The first kappa shape index (κ1) is 16.2. The van der Waals surface area contributed by atoms with E-state index in [-0.39, 0.29) is 0 Å². The van der Waals surface area contributed by atoms with E-state index in [0.717, 1.165) is 13.1 Å². The number of rotatable bonds is 5. The fourth-order valence-corrected chi connectivity index (χ4v) is 2.78. The average Bonchev–Trinajstić information content (AvgIpc) is 2.25. The molecule has 0 saturated heterocycles. The maximum atomic E-state index is 3.53. The Balaban J connectivity index is 2.96. The van der Waals surface area contributed by atoms with Crippen LogP contribution in [0.1, 0.15) is 49.9 Å². The van der Waals surface area contributed by atoms with Gasteiger partial charge in [-0.25, -0.2) is 0 Å². The van der Waals surface area contributed by atoms with Crippen LogP contribution in [0.3, 0.4) is 0 Å². The number of benzene rings is 1. The van der Waals surface area contributed by atoms with E-state index in [1.165, 1.54) is 23.1 Å². The van der Waals surface area contributed by atoms with Crippen LogP contribution in [0.15, 0.2) is 12.1 Å². The molecule has 0 heterocycles. The fourth-order valence-electron chi connectivity index (χ4n) is 2.78. The minimum absolute atomic E-state index is 0.339. The van der Waals surface area contributed by atoms with Crippen LogP contribution in [-0.2, 0) is 6.42 Å². The number of hydrogen-bond acceptors (Lipinski definition) is 1. The lowest BCUT2D eigenvalue weighted by atomic mass is 9.76. The van der Waals surface area contributed by atoms with Crippen LogP contribution in [0.2, 0.25) is 0 Å². The summed E-state index contributed by atoms with van der Waals surface area (Å²) in [5.41, 5.74) is 6.15. The summed E-state index contributed by atoms with van der Waals surface area (Å²) in [6.07, 6.45) is 1.18. The van der Waals surface area contributed by atoms with Gasteiger partial charge in [0, 0.05) is 0 Å². The third-order valence-corrected chi connectivity index (χ3v) is 4.16. The largest absolute Gasteiger partial charge is 0.317 e. The van der Waals surface area contributed by atoms with E-state index in [4.69, 9.17) is 0 Å². The minimum Gasteiger partial charge on any atom is -0.317 e. The van der Waals surface area contributed by atoms with Gasteiger partial charge in [0.25, 0.3) is 0 Å². The second-order valence-corrected chi connectivity index (χ2v) is 6.95. The molecule has 0 aliphatic rings. The van der Waals surface area contributed by atoms with Crippen LogP contribution in [0.5, 0.6) is 0 Å². The molecule has 19 heavy (non-hydrogen) atoms. The van der Waals surface area contributed by atoms with Crippen molar-refractivity contribution in [1.82, 2.24) is 5.32 Å². The molecule has 1 aromatic carbocycles. The first-order chi connectivity index (χ1) is 8.75. The maximum Gasteiger partial charge on any atom is -0.00124 e. The van der Waals surface area contributed by atoms with Crippen LogP contribution in [0.4, 0.5) is 0 Å². The zero-order chi connectivity index (χ0) is 14.6. The average molecular weight is 261 g/mol. The van der Waals surface area contributed by atoms with Crippen LogP contribution in [0, 0.1) is 32.1 Å². The van der Waals surface area contributed by atoms with Crippen LogP contribution < -0.4 is 5.32 Å². The van der Waals surface area contributed by atoms with Gasteiger partial charge in [0.1, 0.15) is 0 Å². The Kier molecular flexibility index (Phi) is 5.61. The molecule has 0 saturated carbocycles. The quantitative estimate of drug-likeness (QED) is 0.827. The second kappa shape index (κ2) is 6.56. The van der Waals surface area contributed by atoms with Crippen molar-refractivity contribution in [1.29, 1.82) is 0 Å². The highest BCUT2D eigenvalue weighted by atomic mass is 14.8. The summed E-state index contributed by atoms with van der Waals surface area (Å²) >= 11 is 0. The van der Waals surface area contributed by atoms with Gasteiger partial charge in [-0.15, -0.1) is 0 Å². The van der Waals surface area contributed by atoms with E-state index in [9.17, 15) is 0 Å². The Morgan fingerprint density at radius 3 is 2.00 bits per heavy atom. The van der Waals surface area contributed by atoms with E-state index >= 15 is 0 Å². The summed E-state index contributed by atoms with van der Waals surface area (Å²) in [7, 11) is 0. The van der Waals surface area contributed by atoms with Gasteiger partial charge in [-0.3, -0.25) is 0 Å². The van der Waals surface area contributed by atoms with Crippen molar-refractivity contribution in [2.75, 3.05) is 13.1 Å². The van der Waals surface area contributed by atoms with Gasteiger partial charge in [0.15, 0.2) is 0 Å². The fraction of sp³-hybridized carbons (Fsp3) is 0.667. The molecule has 1 nitrogen and oxygen atoms in total. The smallest absolute Gasteiger partial charge is 0.00124 e.